The highest BCUT2D eigenvalue weighted by Crippen LogP contribution is 2.27. The number of nitriles is 2. The van der Waals surface area contributed by atoms with Crippen molar-refractivity contribution in [2.75, 3.05) is 22.1 Å². The molecular formula is C30H28F2N14. The number of aromatic nitrogens is 8. The van der Waals surface area contributed by atoms with Crippen molar-refractivity contribution in [1.82, 2.24) is 39.0 Å². The molecular weight excluding hydrogens is 594 g/mol. The van der Waals surface area contributed by atoms with E-state index in [2.05, 4.69) is 40.5 Å². The summed E-state index contributed by atoms with van der Waals surface area (Å²) in [7, 11) is 3.55. The highest BCUT2D eigenvalue weighted by atomic mass is 19.1. The van der Waals surface area contributed by atoms with Gasteiger partial charge in [0.05, 0.1) is 23.1 Å². The summed E-state index contributed by atoms with van der Waals surface area (Å²) in [4.78, 5) is 24.5. The third-order valence-corrected chi connectivity index (χ3v) is 7.23. The molecule has 0 aliphatic heterocycles. The maximum absolute atomic E-state index is 14.0. The highest BCUT2D eigenvalue weighted by molar-refractivity contribution is 5.77. The highest BCUT2D eigenvalue weighted by Gasteiger charge is 2.20. The van der Waals surface area contributed by atoms with E-state index in [1.807, 2.05) is 33.0 Å². The van der Waals surface area contributed by atoms with Gasteiger partial charge in [0, 0.05) is 14.1 Å². The summed E-state index contributed by atoms with van der Waals surface area (Å²) in [6.07, 6.45) is 2.56. The van der Waals surface area contributed by atoms with Crippen LogP contribution < -0.4 is 22.1 Å². The third kappa shape index (κ3) is 5.74. The lowest BCUT2D eigenvalue weighted by Gasteiger charge is -2.15. The molecule has 0 fully saturated rings. The Balaban J connectivity index is 0.000000181. The molecule has 14 nitrogen and oxygen atoms in total. The quantitative estimate of drug-likeness (QED) is 0.205. The number of para-hydroxylation sites is 2. The maximum atomic E-state index is 14.0. The first-order valence-corrected chi connectivity index (χ1v) is 13.8. The van der Waals surface area contributed by atoms with Gasteiger partial charge >= 0.3 is 0 Å². The number of nitrogens with one attached hydrogen (secondary N) is 2. The number of fused-ring (bicyclic) bond motifs is 2. The van der Waals surface area contributed by atoms with E-state index in [0.717, 1.165) is 0 Å². The predicted octanol–water partition coefficient (Wildman–Crippen LogP) is 4.26. The van der Waals surface area contributed by atoms with Crippen molar-refractivity contribution in [3.63, 3.8) is 0 Å². The summed E-state index contributed by atoms with van der Waals surface area (Å²) in [5.41, 5.74) is 13.7. The number of hydrogen-bond donors (Lipinski definition) is 4. The molecule has 0 amide bonds. The fraction of sp³-hybridized carbons (Fsp3) is 0.200. The van der Waals surface area contributed by atoms with E-state index in [0.29, 0.717) is 45.4 Å². The van der Waals surface area contributed by atoms with Crippen LogP contribution in [0.15, 0.2) is 49.1 Å². The van der Waals surface area contributed by atoms with Crippen LogP contribution in [0.25, 0.3) is 22.1 Å². The van der Waals surface area contributed by atoms with Gasteiger partial charge in [0.1, 0.15) is 87.7 Å². The minimum Gasteiger partial charge on any atom is -0.382 e. The molecule has 0 unspecified atom stereocenters. The molecule has 0 aliphatic rings. The van der Waals surface area contributed by atoms with E-state index in [1.54, 1.807) is 40.4 Å². The number of anilines is 4. The molecule has 0 radical (unpaired) electrons. The Labute approximate surface area is 261 Å². The van der Waals surface area contributed by atoms with Crippen LogP contribution in [0.3, 0.4) is 0 Å². The van der Waals surface area contributed by atoms with Crippen molar-refractivity contribution in [2.24, 2.45) is 14.1 Å². The minimum absolute atomic E-state index is 0.105. The van der Waals surface area contributed by atoms with Gasteiger partial charge in [-0.05, 0) is 38.1 Å². The zero-order valence-electron chi connectivity index (χ0n) is 25.2. The molecule has 4 heterocycles. The average molecular weight is 623 g/mol. The molecule has 0 saturated carbocycles. The van der Waals surface area contributed by atoms with Crippen molar-refractivity contribution in [3.05, 3.63) is 83.5 Å². The van der Waals surface area contributed by atoms with Gasteiger partial charge in [0.15, 0.2) is 5.82 Å². The van der Waals surface area contributed by atoms with Crippen LogP contribution in [0.1, 0.15) is 48.7 Å². The number of aryl methyl sites for hydroxylation is 2. The van der Waals surface area contributed by atoms with E-state index in [1.165, 1.54) is 24.8 Å². The lowest BCUT2D eigenvalue weighted by Crippen LogP contribution is -2.15. The van der Waals surface area contributed by atoms with Gasteiger partial charge in [-0.15, -0.1) is 0 Å². The summed E-state index contributed by atoms with van der Waals surface area (Å²) in [6, 6.07) is 12.9. The molecule has 2 aromatic carbocycles. The lowest BCUT2D eigenvalue weighted by molar-refractivity contribution is 0.627. The maximum Gasteiger partial charge on any atom is 0.151 e. The van der Waals surface area contributed by atoms with Crippen molar-refractivity contribution >= 4 is 45.3 Å². The summed E-state index contributed by atoms with van der Waals surface area (Å²) >= 11 is 0. The number of nitrogen functional groups attached to an aromatic ring is 2. The zero-order chi connectivity index (χ0) is 33.1. The molecule has 0 spiro atoms. The number of hydrogen-bond acceptors (Lipinski definition) is 12. The second-order valence-corrected chi connectivity index (χ2v) is 10.2. The van der Waals surface area contributed by atoms with Gasteiger partial charge in [-0.2, -0.15) is 10.5 Å². The molecule has 0 aliphatic carbocycles. The van der Waals surface area contributed by atoms with Crippen LogP contribution in [0.2, 0.25) is 0 Å². The van der Waals surface area contributed by atoms with Gasteiger partial charge in [0.25, 0.3) is 0 Å². The van der Waals surface area contributed by atoms with Gasteiger partial charge in [-0.25, -0.2) is 38.7 Å². The Morgan fingerprint density at radius 2 is 1.26 bits per heavy atom. The number of benzene rings is 2. The topological polar surface area (TPSA) is 211 Å². The summed E-state index contributed by atoms with van der Waals surface area (Å²) in [5, 5.41) is 24.5. The summed E-state index contributed by atoms with van der Waals surface area (Å²) in [6.45, 7) is 3.69. The summed E-state index contributed by atoms with van der Waals surface area (Å²) < 4.78 is 31.3. The second kappa shape index (κ2) is 12.7. The van der Waals surface area contributed by atoms with E-state index < -0.39 is 0 Å². The van der Waals surface area contributed by atoms with Crippen LogP contribution in [0.5, 0.6) is 0 Å². The smallest absolute Gasteiger partial charge is 0.151 e. The molecule has 0 bridgehead atoms. The lowest BCUT2D eigenvalue weighted by atomic mass is 10.2. The fourth-order valence-corrected chi connectivity index (χ4v) is 4.99. The molecule has 4 aromatic heterocycles. The Kier molecular flexibility index (Phi) is 8.54. The largest absolute Gasteiger partial charge is 0.382 e. The van der Waals surface area contributed by atoms with Crippen LogP contribution in [0, 0.1) is 34.3 Å². The number of nitrogens with zero attached hydrogens (tertiary/aromatic N) is 10. The van der Waals surface area contributed by atoms with E-state index in [9.17, 15) is 8.78 Å². The molecule has 0 saturated heterocycles. The molecule has 16 heteroatoms. The fourth-order valence-electron chi connectivity index (χ4n) is 4.99. The Morgan fingerprint density at radius 1 is 0.739 bits per heavy atom. The third-order valence-electron chi connectivity index (χ3n) is 7.23. The van der Waals surface area contributed by atoms with Gasteiger partial charge in [-0.3, -0.25) is 0 Å². The van der Waals surface area contributed by atoms with Crippen LogP contribution in [0.4, 0.5) is 32.1 Å². The number of nitrogens with two attached hydrogens (primary N) is 2. The number of halogens is 2. The number of rotatable bonds is 6. The Morgan fingerprint density at radius 3 is 1.78 bits per heavy atom. The monoisotopic (exact) mass is 622 g/mol. The Bertz CT molecular complexity index is 2090. The van der Waals surface area contributed by atoms with Crippen molar-refractivity contribution in [3.8, 4) is 12.1 Å². The zero-order valence-corrected chi connectivity index (χ0v) is 25.2. The van der Waals surface area contributed by atoms with E-state index >= 15 is 0 Å². The first kappa shape index (κ1) is 31.0. The molecule has 6 rings (SSSR count). The second-order valence-electron chi connectivity index (χ2n) is 10.2. The minimum atomic E-state index is -0.374. The normalized spacial score (nSPS) is 12.1. The average Bonchev–Trinajstić information content (AvgIpc) is 3.56. The van der Waals surface area contributed by atoms with Crippen molar-refractivity contribution in [1.29, 1.82) is 10.5 Å². The molecule has 46 heavy (non-hydrogen) atoms. The first-order valence-electron chi connectivity index (χ1n) is 13.8. The predicted molar refractivity (Wildman–Crippen MR) is 168 cm³/mol. The van der Waals surface area contributed by atoms with Crippen molar-refractivity contribution in [2.45, 2.75) is 25.9 Å². The van der Waals surface area contributed by atoms with Gasteiger partial charge in [0.2, 0.25) is 0 Å². The standard InChI is InChI=1S/2C15H14FN7/c1-8(21-14-9(6-17)13(18)19-7-20-14)15-22-12-10(16)4-3-5-11(12)23(15)2;1-8(21-14-9(6-17)13(18)19-7-20-14)15-22-11-5-3-4-10(16)12(11)23(15)2/h2*3-5,7-8H,1-2H3,(H3,18,19,20,21)/t2*8-/m00/s1. The molecule has 6 aromatic rings. The van der Waals surface area contributed by atoms with Crippen LogP contribution >= 0.6 is 0 Å². The first-order chi connectivity index (χ1) is 22.0. The number of imidazole rings is 2. The van der Waals surface area contributed by atoms with Crippen LogP contribution in [-0.2, 0) is 14.1 Å². The molecule has 2 atom stereocenters. The van der Waals surface area contributed by atoms with Crippen LogP contribution in [-0.4, -0.2) is 39.0 Å². The summed E-state index contributed by atoms with van der Waals surface area (Å²) in [5.74, 6) is 1.37. The molecule has 6 N–H and O–H groups in total. The molecule has 232 valence electrons. The van der Waals surface area contributed by atoms with Gasteiger partial charge in [-0.1, -0.05) is 12.1 Å². The van der Waals surface area contributed by atoms with E-state index in [4.69, 9.17) is 22.0 Å². The SMILES string of the molecule is C[C@H](Nc1ncnc(N)c1C#N)c1nc2c(F)cccc2n1C.C[C@H](Nc1ncnc(N)c1C#N)c1nc2cccc(F)c2n1C. The van der Waals surface area contributed by atoms with Crippen molar-refractivity contribution < 1.29 is 8.78 Å². The van der Waals surface area contributed by atoms with E-state index in [-0.39, 0.29) is 46.5 Å². The van der Waals surface area contributed by atoms with Gasteiger partial charge < -0.3 is 31.2 Å². The Hall–Kier alpha value is -6.42.